The third kappa shape index (κ3) is 4.35. The first-order valence-electron chi connectivity index (χ1n) is 9.60. The van der Waals surface area contributed by atoms with E-state index >= 15 is 0 Å². The van der Waals surface area contributed by atoms with Gasteiger partial charge in [-0.15, -0.1) is 10.2 Å². The minimum Gasteiger partial charge on any atom is -0.339 e. The van der Waals surface area contributed by atoms with Crippen LogP contribution in [0.2, 0.25) is 0 Å². The van der Waals surface area contributed by atoms with Crippen LogP contribution in [0, 0.1) is 20.8 Å². The maximum Gasteiger partial charge on any atom is 0.255 e. The van der Waals surface area contributed by atoms with E-state index in [1.165, 1.54) is 0 Å². The Morgan fingerprint density at radius 2 is 1.63 bits per heavy atom. The van der Waals surface area contributed by atoms with Crippen LogP contribution in [-0.4, -0.2) is 25.9 Å². The lowest BCUT2D eigenvalue weighted by atomic mass is 10.1. The van der Waals surface area contributed by atoms with Crippen LogP contribution in [-0.2, 0) is 0 Å². The van der Waals surface area contributed by atoms with E-state index in [0.717, 1.165) is 28.2 Å². The average molecular weight is 398 g/mol. The molecule has 30 heavy (non-hydrogen) atoms. The topological polar surface area (TPSA) is 84.7 Å². The van der Waals surface area contributed by atoms with E-state index in [0.29, 0.717) is 17.2 Å². The van der Waals surface area contributed by atoms with Gasteiger partial charge in [-0.1, -0.05) is 17.7 Å². The Morgan fingerprint density at radius 3 is 2.27 bits per heavy atom. The summed E-state index contributed by atoms with van der Waals surface area (Å²) in [4.78, 5) is 12.5. The lowest BCUT2D eigenvalue weighted by Gasteiger charge is -2.10. The van der Waals surface area contributed by atoms with Gasteiger partial charge in [0.05, 0.1) is 5.69 Å². The van der Waals surface area contributed by atoms with E-state index in [-0.39, 0.29) is 5.91 Å². The highest BCUT2D eigenvalue weighted by atomic mass is 16.1. The molecule has 0 aliphatic rings. The molecule has 150 valence electrons. The van der Waals surface area contributed by atoms with Crippen LogP contribution in [0.25, 0.3) is 5.82 Å². The number of amides is 1. The van der Waals surface area contributed by atoms with Gasteiger partial charge in [0.1, 0.15) is 0 Å². The number of carbonyl (C=O) groups excluding carboxylic acids is 1. The van der Waals surface area contributed by atoms with Crippen LogP contribution < -0.4 is 10.6 Å². The van der Waals surface area contributed by atoms with Gasteiger partial charge in [0.25, 0.3) is 5.91 Å². The van der Waals surface area contributed by atoms with Crippen molar-refractivity contribution in [3.63, 3.8) is 0 Å². The number of hydrogen-bond acceptors (Lipinski definition) is 5. The van der Waals surface area contributed by atoms with Crippen molar-refractivity contribution >= 4 is 23.1 Å². The summed E-state index contributed by atoms with van der Waals surface area (Å²) in [6.45, 7) is 5.87. The minimum atomic E-state index is -0.122. The number of rotatable bonds is 5. The normalized spacial score (nSPS) is 10.6. The Bertz CT molecular complexity index is 1180. The summed E-state index contributed by atoms with van der Waals surface area (Å²) in [5, 5.41) is 18.8. The summed E-state index contributed by atoms with van der Waals surface area (Å²) >= 11 is 0. The second kappa shape index (κ2) is 8.16. The standard InChI is InChI=1S/C23H22N6O/c1-15-4-9-20(16(2)14-15)23(30)25-19-7-5-18(6-8-19)24-21-10-11-22(27-26-21)29-13-12-17(3)28-29/h4-14H,1-3H3,(H,24,26)(H,25,30). The summed E-state index contributed by atoms with van der Waals surface area (Å²) < 4.78 is 1.68. The highest BCUT2D eigenvalue weighted by Crippen LogP contribution is 2.19. The molecule has 0 atom stereocenters. The van der Waals surface area contributed by atoms with Crippen LogP contribution in [0.1, 0.15) is 27.2 Å². The number of anilines is 3. The van der Waals surface area contributed by atoms with Crippen molar-refractivity contribution in [2.45, 2.75) is 20.8 Å². The maximum absolute atomic E-state index is 12.5. The molecular weight excluding hydrogens is 376 g/mol. The maximum atomic E-state index is 12.5. The number of carbonyl (C=O) groups is 1. The van der Waals surface area contributed by atoms with Crippen molar-refractivity contribution in [3.8, 4) is 5.82 Å². The molecule has 2 N–H and O–H groups in total. The fourth-order valence-electron chi connectivity index (χ4n) is 3.11. The molecule has 7 heteroatoms. The molecule has 0 spiro atoms. The third-order valence-electron chi connectivity index (χ3n) is 4.65. The minimum absolute atomic E-state index is 0.122. The zero-order chi connectivity index (χ0) is 21.1. The van der Waals surface area contributed by atoms with E-state index in [9.17, 15) is 4.79 Å². The van der Waals surface area contributed by atoms with Crippen LogP contribution in [0.15, 0.2) is 66.9 Å². The van der Waals surface area contributed by atoms with Crippen molar-refractivity contribution < 1.29 is 4.79 Å². The van der Waals surface area contributed by atoms with Gasteiger partial charge in [-0.25, -0.2) is 4.68 Å². The third-order valence-corrected chi connectivity index (χ3v) is 4.65. The molecule has 0 saturated heterocycles. The van der Waals surface area contributed by atoms with Crippen LogP contribution in [0.3, 0.4) is 0 Å². The predicted molar refractivity (Wildman–Crippen MR) is 117 cm³/mol. The Labute approximate surface area is 174 Å². The highest BCUT2D eigenvalue weighted by Gasteiger charge is 2.09. The number of hydrogen-bond donors (Lipinski definition) is 2. The van der Waals surface area contributed by atoms with Crippen molar-refractivity contribution in [3.05, 3.63) is 89.2 Å². The summed E-state index contributed by atoms with van der Waals surface area (Å²) in [6.07, 6.45) is 1.84. The molecule has 2 heterocycles. The molecule has 0 aliphatic heterocycles. The number of aromatic nitrogens is 4. The molecule has 2 aromatic carbocycles. The van der Waals surface area contributed by atoms with Crippen molar-refractivity contribution in [2.24, 2.45) is 0 Å². The molecule has 0 unspecified atom stereocenters. The zero-order valence-corrected chi connectivity index (χ0v) is 17.0. The second-order valence-electron chi connectivity index (χ2n) is 7.15. The number of nitrogens with zero attached hydrogens (tertiary/aromatic N) is 4. The highest BCUT2D eigenvalue weighted by molar-refractivity contribution is 6.05. The first-order chi connectivity index (χ1) is 14.5. The van der Waals surface area contributed by atoms with E-state index in [2.05, 4.69) is 25.9 Å². The summed E-state index contributed by atoms with van der Waals surface area (Å²) in [7, 11) is 0. The molecular formula is C23H22N6O. The van der Waals surface area contributed by atoms with Crippen molar-refractivity contribution in [2.75, 3.05) is 10.6 Å². The van der Waals surface area contributed by atoms with E-state index in [1.807, 2.05) is 87.6 Å². The fraction of sp³-hybridized carbons (Fsp3) is 0.130. The van der Waals surface area contributed by atoms with Crippen molar-refractivity contribution in [1.29, 1.82) is 0 Å². The first kappa shape index (κ1) is 19.3. The van der Waals surface area contributed by atoms with Crippen molar-refractivity contribution in [1.82, 2.24) is 20.0 Å². The van der Waals surface area contributed by atoms with Gasteiger partial charge in [-0.2, -0.15) is 5.10 Å². The van der Waals surface area contributed by atoms with Gasteiger partial charge in [0, 0.05) is 23.1 Å². The smallest absolute Gasteiger partial charge is 0.255 e. The van der Waals surface area contributed by atoms with Gasteiger partial charge in [-0.3, -0.25) is 4.79 Å². The average Bonchev–Trinajstić information content (AvgIpc) is 3.16. The molecule has 1 amide bonds. The molecule has 0 bridgehead atoms. The largest absolute Gasteiger partial charge is 0.339 e. The van der Waals surface area contributed by atoms with E-state index in [4.69, 9.17) is 0 Å². The van der Waals surface area contributed by atoms with Gasteiger partial charge in [0.2, 0.25) is 0 Å². The number of benzene rings is 2. The molecule has 0 saturated carbocycles. The zero-order valence-electron chi connectivity index (χ0n) is 17.0. The summed E-state index contributed by atoms with van der Waals surface area (Å²) in [5.74, 6) is 1.15. The Kier molecular flexibility index (Phi) is 5.26. The Morgan fingerprint density at radius 1 is 0.867 bits per heavy atom. The lowest BCUT2D eigenvalue weighted by Crippen LogP contribution is -2.13. The SMILES string of the molecule is Cc1ccc(C(=O)Nc2ccc(Nc3ccc(-n4ccc(C)n4)nn3)cc2)c(C)c1. The van der Waals surface area contributed by atoms with Crippen LogP contribution in [0.5, 0.6) is 0 Å². The molecule has 0 aliphatic carbocycles. The number of aryl methyl sites for hydroxylation is 3. The Hall–Kier alpha value is -4.00. The lowest BCUT2D eigenvalue weighted by molar-refractivity contribution is 0.102. The van der Waals surface area contributed by atoms with Gasteiger partial charge in [-0.05, 0) is 74.9 Å². The molecule has 0 radical (unpaired) electrons. The van der Waals surface area contributed by atoms with Crippen LogP contribution >= 0.6 is 0 Å². The Balaban J connectivity index is 1.40. The molecule has 4 aromatic rings. The molecule has 0 fully saturated rings. The summed E-state index contributed by atoms with van der Waals surface area (Å²) in [5.41, 5.74) is 5.25. The molecule has 7 nitrogen and oxygen atoms in total. The van der Waals surface area contributed by atoms with E-state index < -0.39 is 0 Å². The first-order valence-corrected chi connectivity index (χ1v) is 9.60. The molecule has 2 aromatic heterocycles. The molecule has 4 rings (SSSR count). The monoisotopic (exact) mass is 398 g/mol. The van der Waals surface area contributed by atoms with E-state index in [1.54, 1.807) is 4.68 Å². The summed E-state index contributed by atoms with van der Waals surface area (Å²) in [6, 6.07) is 18.8. The quantitative estimate of drug-likeness (QED) is 0.514. The number of nitrogens with one attached hydrogen (secondary N) is 2. The predicted octanol–water partition coefficient (Wildman–Crippen LogP) is 4.58. The fourth-order valence-corrected chi connectivity index (χ4v) is 3.11. The van der Waals surface area contributed by atoms with Crippen LogP contribution in [0.4, 0.5) is 17.2 Å². The van der Waals surface area contributed by atoms with Gasteiger partial charge in [0.15, 0.2) is 11.6 Å². The second-order valence-corrected chi connectivity index (χ2v) is 7.15. The van der Waals surface area contributed by atoms with Gasteiger partial charge >= 0.3 is 0 Å². The van der Waals surface area contributed by atoms with Gasteiger partial charge < -0.3 is 10.6 Å².